The van der Waals surface area contributed by atoms with Crippen LogP contribution < -0.4 is 5.32 Å². The number of aryl methyl sites for hydroxylation is 2. The predicted octanol–water partition coefficient (Wildman–Crippen LogP) is 2.35. The molecule has 1 fully saturated rings. The first-order valence-electron chi connectivity index (χ1n) is 7.85. The molecular formula is C16H20BrN5O2. The van der Waals surface area contributed by atoms with Gasteiger partial charge in [0.15, 0.2) is 0 Å². The van der Waals surface area contributed by atoms with Crippen LogP contribution in [-0.2, 0) is 11.2 Å². The van der Waals surface area contributed by atoms with Gasteiger partial charge >= 0.3 is 0 Å². The lowest BCUT2D eigenvalue weighted by Gasteiger charge is -2.18. The molecule has 2 aromatic heterocycles. The van der Waals surface area contributed by atoms with Gasteiger partial charge in [-0.05, 0) is 53.9 Å². The van der Waals surface area contributed by atoms with Crippen LogP contribution in [0.1, 0.15) is 23.8 Å². The van der Waals surface area contributed by atoms with Crippen molar-refractivity contribution in [2.75, 3.05) is 18.9 Å². The Morgan fingerprint density at radius 2 is 2.21 bits per heavy atom. The van der Waals surface area contributed by atoms with Gasteiger partial charge in [0.05, 0.1) is 6.04 Å². The molecule has 2 unspecified atom stereocenters. The van der Waals surface area contributed by atoms with Crippen LogP contribution in [0.4, 0.5) is 5.82 Å². The second-order valence-electron chi connectivity index (χ2n) is 6.26. The van der Waals surface area contributed by atoms with Gasteiger partial charge in [-0.25, -0.2) is 4.98 Å². The zero-order chi connectivity index (χ0) is 17.3. The fourth-order valence-electron chi connectivity index (χ4n) is 3.06. The molecule has 1 aliphatic heterocycles. The van der Waals surface area contributed by atoms with Crippen molar-refractivity contribution in [3.05, 3.63) is 34.1 Å². The summed E-state index contributed by atoms with van der Waals surface area (Å²) in [4.78, 5) is 19.0. The topological polar surface area (TPSA) is 84.2 Å². The number of carbonyl (C=O) groups excluding carboxylic acids is 1. The van der Waals surface area contributed by atoms with Gasteiger partial charge < -0.3 is 9.73 Å². The van der Waals surface area contributed by atoms with Gasteiger partial charge in [0.25, 0.3) is 0 Å². The minimum atomic E-state index is -0.181. The van der Waals surface area contributed by atoms with Crippen LogP contribution in [0.2, 0.25) is 0 Å². The summed E-state index contributed by atoms with van der Waals surface area (Å²) in [6.07, 6.45) is 1.46. The molecule has 0 bridgehead atoms. The summed E-state index contributed by atoms with van der Waals surface area (Å²) in [6, 6.07) is 3.60. The molecule has 8 heteroatoms. The lowest BCUT2D eigenvalue weighted by Crippen LogP contribution is -2.37. The summed E-state index contributed by atoms with van der Waals surface area (Å²) in [7, 11) is 1.96. The van der Waals surface area contributed by atoms with Crippen molar-refractivity contribution in [2.45, 2.75) is 32.7 Å². The molecular weight excluding hydrogens is 374 g/mol. The Hall–Kier alpha value is -1.80. The van der Waals surface area contributed by atoms with Crippen LogP contribution in [0.3, 0.4) is 0 Å². The van der Waals surface area contributed by atoms with E-state index in [2.05, 4.69) is 41.3 Å². The van der Waals surface area contributed by atoms with E-state index in [0.29, 0.717) is 34.5 Å². The first-order chi connectivity index (χ1) is 11.4. The minimum absolute atomic E-state index is 0.0320. The first kappa shape index (κ1) is 17.0. The monoisotopic (exact) mass is 393 g/mol. The molecule has 0 aromatic carbocycles. The quantitative estimate of drug-likeness (QED) is 0.802. The van der Waals surface area contributed by atoms with Crippen molar-refractivity contribution in [1.29, 1.82) is 0 Å². The molecule has 1 aliphatic rings. The van der Waals surface area contributed by atoms with E-state index in [4.69, 9.17) is 4.42 Å². The Balaban J connectivity index is 1.64. The maximum atomic E-state index is 12.6. The number of hydrogen-bond acceptors (Lipinski definition) is 6. The van der Waals surface area contributed by atoms with Gasteiger partial charge in [-0.15, -0.1) is 10.2 Å². The fourth-order valence-corrected chi connectivity index (χ4v) is 3.37. The molecule has 2 aromatic rings. The normalized spacial score (nSPS) is 21.2. The number of likely N-dealkylation sites (tertiary alicyclic amines) is 1. The third-order valence-corrected chi connectivity index (χ3v) is 4.71. The summed E-state index contributed by atoms with van der Waals surface area (Å²) in [5.41, 5.74) is 0.935. The van der Waals surface area contributed by atoms with E-state index < -0.39 is 0 Å². The number of aromatic nitrogens is 3. The lowest BCUT2D eigenvalue weighted by molar-refractivity contribution is -0.120. The second kappa shape index (κ2) is 6.98. The van der Waals surface area contributed by atoms with Gasteiger partial charge in [0.2, 0.25) is 17.7 Å². The van der Waals surface area contributed by atoms with Crippen molar-refractivity contribution in [3.63, 3.8) is 0 Å². The van der Waals surface area contributed by atoms with E-state index in [1.807, 2.05) is 26.1 Å². The van der Waals surface area contributed by atoms with E-state index in [9.17, 15) is 4.79 Å². The molecule has 1 saturated heterocycles. The smallest absolute Gasteiger partial charge is 0.242 e. The molecule has 0 spiro atoms. The minimum Gasteiger partial charge on any atom is -0.426 e. The molecule has 2 atom stereocenters. The number of nitrogens with zero attached hydrogens (tertiary/aromatic N) is 4. The van der Waals surface area contributed by atoms with E-state index >= 15 is 0 Å². The van der Waals surface area contributed by atoms with Crippen LogP contribution in [0.15, 0.2) is 21.2 Å². The molecule has 0 saturated carbocycles. The van der Waals surface area contributed by atoms with Crippen molar-refractivity contribution in [2.24, 2.45) is 5.92 Å². The SMILES string of the molecule is Cc1nnc(CC2CC(C(=O)Nc3nc(Br)ccc3C)N(C)C2)o1. The molecule has 1 amide bonds. The van der Waals surface area contributed by atoms with Gasteiger partial charge in [0, 0.05) is 19.9 Å². The number of likely N-dealkylation sites (N-methyl/N-ethyl adjacent to an activating group) is 1. The molecule has 0 radical (unpaired) electrons. The van der Waals surface area contributed by atoms with Crippen LogP contribution >= 0.6 is 15.9 Å². The summed E-state index contributed by atoms with van der Waals surface area (Å²) >= 11 is 3.33. The lowest BCUT2D eigenvalue weighted by atomic mass is 10.0. The summed E-state index contributed by atoms with van der Waals surface area (Å²) in [6.45, 7) is 4.53. The number of anilines is 1. The van der Waals surface area contributed by atoms with Crippen LogP contribution in [0.25, 0.3) is 0 Å². The second-order valence-corrected chi connectivity index (χ2v) is 7.08. The third kappa shape index (κ3) is 3.81. The van der Waals surface area contributed by atoms with Crippen molar-refractivity contribution in [3.8, 4) is 0 Å². The molecule has 0 aliphatic carbocycles. The van der Waals surface area contributed by atoms with Gasteiger partial charge in [0.1, 0.15) is 10.4 Å². The zero-order valence-corrected chi connectivity index (χ0v) is 15.5. The predicted molar refractivity (Wildman–Crippen MR) is 92.6 cm³/mol. The molecule has 1 N–H and O–H groups in total. The zero-order valence-electron chi connectivity index (χ0n) is 13.9. The number of amides is 1. The van der Waals surface area contributed by atoms with E-state index in [1.54, 1.807) is 6.92 Å². The van der Waals surface area contributed by atoms with Gasteiger partial charge in [-0.1, -0.05) is 6.07 Å². The Morgan fingerprint density at radius 1 is 1.42 bits per heavy atom. The third-order valence-electron chi connectivity index (χ3n) is 4.27. The molecule has 128 valence electrons. The van der Waals surface area contributed by atoms with E-state index in [0.717, 1.165) is 18.5 Å². The Labute approximate surface area is 149 Å². The summed E-state index contributed by atoms with van der Waals surface area (Å²) in [5.74, 6) is 2.09. The fraction of sp³-hybridized carbons (Fsp3) is 0.500. The van der Waals surface area contributed by atoms with Gasteiger partial charge in [-0.3, -0.25) is 9.69 Å². The number of pyridine rings is 1. The van der Waals surface area contributed by atoms with Crippen LogP contribution in [0.5, 0.6) is 0 Å². The maximum absolute atomic E-state index is 12.6. The number of rotatable bonds is 4. The average molecular weight is 394 g/mol. The highest BCUT2D eigenvalue weighted by molar-refractivity contribution is 9.10. The number of halogens is 1. The van der Waals surface area contributed by atoms with E-state index in [-0.39, 0.29) is 11.9 Å². The van der Waals surface area contributed by atoms with Crippen molar-refractivity contribution >= 4 is 27.7 Å². The van der Waals surface area contributed by atoms with Gasteiger partial charge in [-0.2, -0.15) is 0 Å². The van der Waals surface area contributed by atoms with Crippen LogP contribution in [-0.4, -0.2) is 45.6 Å². The van der Waals surface area contributed by atoms with E-state index in [1.165, 1.54) is 0 Å². The standard InChI is InChI=1S/C16H20BrN5O2/c1-9-4-5-13(17)18-15(9)19-16(23)12-6-11(8-22(12)3)7-14-21-20-10(2)24-14/h4-5,11-12H,6-8H2,1-3H3,(H,18,19,23). The summed E-state index contributed by atoms with van der Waals surface area (Å²) in [5, 5.41) is 10.8. The molecule has 3 rings (SSSR count). The first-order valence-corrected chi connectivity index (χ1v) is 8.65. The number of nitrogens with one attached hydrogen (secondary N) is 1. The Morgan fingerprint density at radius 3 is 2.92 bits per heavy atom. The maximum Gasteiger partial charge on any atom is 0.242 e. The largest absolute Gasteiger partial charge is 0.426 e. The highest BCUT2D eigenvalue weighted by Crippen LogP contribution is 2.26. The Kier molecular flexibility index (Phi) is 4.96. The average Bonchev–Trinajstić information content (AvgIpc) is 3.09. The highest BCUT2D eigenvalue weighted by Gasteiger charge is 2.35. The molecule has 7 nitrogen and oxygen atoms in total. The summed E-state index contributed by atoms with van der Waals surface area (Å²) < 4.78 is 6.15. The van der Waals surface area contributed by atoms with Crippen LogP contribution in [0, 0.1) is 19.8 Å². The molecule has 3 heterocycles. The van der Waals surface area contributed by atoms with Crippen molar-refractivity contribution < 1.29 is 9.21 Å². The highest BCUT2D eigenvalue weighted by atomic mass is 79.9. The van der Waals surface area contributed by atoms with Crippen molar-refractivity contribution in [1.82, 2.24) is 20.1 Å². The number of hydrogen-bond donors (Lipinski definition) is 1. The number of carbonyl (C=O) groups is 1. The molecule has 24 heavy (non-hydrogen) atoms. The Bertz CT molecular complexity index is 748.